The van der Waals surface area contributed by atoms with Gasteiger partial charge in [-0.3, -0.25) is 14.5 Å². The van der Waals surface area contributed by atoms with Crippen molar-refractivity contribution in [2.75, 3.05) is 30.9 Å². The molecule has 0 spiro atoms. The van der Waals surface area contributed by atoms with E-state index in [1.54, 1.807) is 19.1 Å². The van der Waals surface area contributed by atoms with E-state index in [0.717, 1.165) is 17.8 Å². The summed E-state index contributed by atoms with van der Waals surface area (Å²) in [6.07, 6.45) is -0.610. The lowest BCUT2D eigenvalue weighted by atomic mass is 10.1. The fourth-order valence-electron chi connectivity index (χ4n) is 2.98. The third kappa shape index (κ3) is 4.03. The van der Waals surface area contributed by atoms with Crippen LogP contribution in [0.5, 0.6) is 5.75 Å². The van der Waals surface area contributed by atoms with E-state index in [2.05, 4.69) is 10.2 Å². The first-order valence-corrected chi connectivity index (χ1v) is 8.54. The zero-order valence-corrected chi connectivity index (χ0v) is 15.2. The van der Waals surface area contributed by atoms with E-state index in [9.17, 15) is 9.59 Å². The van der Waals surface area contributed by atoms with Crippen molar-refractivity contribution in [2.24, 2.45) is 0 Å². The molecule has 3 rings (SSSR count). The van der Waals surface area contributed by atoms with Crippen molar-refractivity contribution in [1.29, 1.82) is 0 Å². The van der Waals surface area contributed by atoms with E-state index >= 15 is 0 Å². The van der Waals surface area contributed by atoms with Gasteiger partial charge in [0.25, 0.3) is 5.91 Å². The van der Waals surface area contributed by atoms with Crippen LogP contribution in [0.3, 0.4) is 0 Å². The average molecular weight is 353 g/mol. The van der Waals surface area contributed by atoms with E-state index in [1.165, 1.54) is 4.90 Å². The van der Waals surface area contributed by atoms with Gasteiger partial charge in [0.1, 0.15) is 12.3 Å². The Bertz CT molecular complexity index is 819. The maximum atomic E-state index is 12.5. The molecule has 0 aromatic heterocycles. The summed E-state index contributed by atoms with van der Waals surface area (Å²) in [4.78, 5) is 28.5. The fourth-order valence-corrected chi connectivity index (χ4v) is 2.98. The lowest BCUT2D eigenvalue weighted by Crippen LogP contribution is -2.47. The van der Waals surface area contributed by atoms with Gasteiger partial charge in [-0.05, 0) is 50.8 Å². The molecule has 0 saturated heterocycles. The van der Waals surface area contributed by atoms with Crippen LogP contribution >= 0.6 is 0 Å². The number of carbonyl (C=O) groups excluding carboxylic acids is 2. The number of carbonyl (C=O) groups is 2. The van der Waals surface area contributed by atoms with Gasteiger partial charge in [-0.15, -0.1) is 0 Å². The van der Waals surface area contributed by atoms with Gasteiger partial charge in [0.2, 0.25) is 5.91 Å². The summed E-state index contributed by atoms with van der Waals surface area (Å²) in [6, 6.07) is 14.9. The van der Waals surface area contributed by atoms with Gasteiger partial charge in [0, 0.05) is 12.2 Å². The molecule has 0 fully saturated rings. The van der Waals surface area contributed by atoms with E-state index in [4.69, 9.17) is 4.74 Å². The molecule has 6 nitrogen and oxygen atoms in total. The van der Waals surface area contributed by atoms with Crippen LogP contribution in [0.25, 0.3) is 0 Å². The minimum atomic E-state index is -0.610. The van der Waals surface area contributed by atoms with Crippen LogP contribution in [0.1, 0.15) is 12.5 Å². The quantitative estimate of drug-likeness (QED) is 0.897. The molecule has 0 radical (unpaired) electrons. The van der Waals surface area contributed by atoms with Crippen molar-refractivity contribution < 1.29 is 14.3 Å². The topological polar surface area (TPSA) is 61.9 Å². The molecule has 1 aliphatic rings. The predicted molar refractivity (Wildman–Crippen MR) is 101 cm³/mol. The lowest BCUT2D eigenvalue weighted by molar-refractivity contribution is -0.127. The first-order valence-electron chi connectivity index (χ1n) is 8.54. The number of amides is 2. The Morgan fingerprint density at radius 2 is 1.96 bits per heavy atom. The van der Waals surface area contributed by atoms with Crippen LogP contribution in [-0.2, 0) is 16.1 Å². The summed E-state index contributed by atoms with van der Waals surface area (Å²) >= 11 is 0. The second-order valence-electron chi connectivity index (χ2n) is 6.64. The SMILES string of the molecule is CC1Oc2ccccc2N(CC(=O)Nc2cccc(CN(C)C)c2)C1=O. The molecule has 0 aliphatic carbocycles. The zero-order chi connectivity index (χ0) is 18.7. The van der Waals surface area contributed by atoms with Crippen molar-refractivity contribution in [3.63, 3.8) is 0 Å². The maximum Gasteiger partial charge on any atom is 0.268 e. The van der Waals surface area contributed by atoms with Gasteiger partial charge in [-0.25, -0.2) is 0 Å². The van der Waals surface area contributed by atoms with Crippen LogP contribution in [0, 0.1) is 0 Å². The highest BCUT2D eigenvalue weighted by Crippen LogP contribution is 2.33. The Hall–Kier alpha value is -2.86. The fraction of sp³-hybridized carbons (Fsp3) is 0.300. The van der Waals surface area contributed by atoms with E-state index in [-0.39, 0.29) is 18.4 Å². The normalized spacial score (nSPS) is 16.2. The number of nitrogens with zero attached hydrogens (tertiary/aromatic N) is 2. The highest BCUT2D eigenvalue weighted by molar-refractivity contribution is 6.06. The molecule has 26 heavy (non-hydrogen) atoms. The molecule has 1 aliphatic heterocycles. The summed E-state index contributed by atoms with van der Waals surface area (Å²) in [5.41, 5.74) is 2.44. The molecule has 0 saturated carbocycles. The molecule has 136 valence electrons. The van der Waals surface area contributed by atoms with E-state index < -0.39 is 6.10 Å². The highest BCUT2D eigenvalue weighted by Gasteiger charge is 2.32. The van der Waals surface area contributed by atoms with Gasteiger partial charge in [0.05, 0.1) is 5.69 Å². The van der Waals surface area contributed by atoms with Crippen molar-refractivity contribution in [2.45, 2.75) is 19.6 Å². The molecule has 1 N–H and O–H groups in total. The highest BCUT2D eigenvalue weighted by atomic mass is 16.5. The molecule has 1 heterocycles. The van der Waals surface area contributed by atoms with Crippen molar-refractivity contribution in [3.05, 3.63) is 54.1 Å². The summed E-state index contributed by atoms with van der Waals surface area (Å²) in [7, 11) is 3.99. The van der Waals surface area contributed by atoms with Crippen LogP contribution in [-0.4, -0.2) is 43.5 Å². The van der Waals surface area contributed by atoms with Gasteiger partial charge < -0.3 is 15.0 Å². The van der Waals surface area contributed by atoms with Gasteiger partial charge in [0.15, 0.2) is 6.10 Å². The van der Waals surface area contributed by atoms with Crippen LogP contribution in [0.4, 0.5) is 11.4 Å². The molecular formula is C20H23N3O3. The van der Waals surface area contributed by atoms with Crippen LogP contribution < -0.4 is 15.0 Å². The molecule has 1 unspecified atom stereocenters. The summed E-state index contributed by atoms with van der Waals surface area (Å²) in [5.74, 6) is 0.143. The molecule has 6 heteroatoms. The molecule has 2 aromatic carbocycles. The number of nitrogens with one attached hydrogen (secondary N) is 1. The largest absolute Gasteiger partial charge is 0.479 e. The number of anilines is 2. The summed E-state index contributed by atoms with van der Waals surface area (Å²) < 4.78 is 5.60. The lowest BCUT2D eigenvalue weighted by Gasteiger charge is -2.32. The van der Waals surface area contributed by atoms with Crippen molar-refractivity contribution in [1.82, 2.24) is 4.90 Å². The summed E-state index contributed by atoms with van der Waals surface area (Å²) in [6.45, 7) is 2.42. The first kappa shape index (κ1) is 17.9. The standard InChI is InChI=1S/C20H23N3O3/c1-14-20(25)23(17-9-4-5-10-18(17)26-14)13-19(24)21-16-8-6-7-15(11-16)12-22(2)3/h4-11,14H,12-13H2,1-3H3,(H,21,24). The minimum absolute atomic E-state index is 0.0541. The van der Waals surface area contributed by atoms with Crippen molar-refractivity contribution >= 4 is 23.2 Å². The Balaban J connectivity index is 1.73. The monoisotopic (exact) mass is 353 g/mol. The molecule has 2 amide bonds. The van der Waals surface area contributed by atoms with Gasteiger partial charge >= 0.3 is 0 Å². The minimum Gasteiger partial charge on any atom is -0.479 e. The number of fused-ring (bicyclic) bond motifs is 1. The van der Waals surface area contributed by atoms with Crippen LogP contribution in [0.15, 0.2) is 48.5 Å². The number of para-hydroxylation sites is 2. The number of ether oxygens (including phenoxy) is 1. The molecule has 2 aromatic rings. The Kier molecular flexibility index (Phi) is 5.23. The van der Waals surface area contributed by atoms with E-state index in [1.807, 2.05) is 50.5 Å². The average Bonchev–Trinajstić information content (AvgIpc) is 2.58. The number of hydrogen-bond donors (Lipinski definition) is 1. The van der Waals surface area contributed by atoms with Gasteiger partial charge in [-0.1, -0.05) is 24.3 Å². The number of hydrogen-bond acceptors (Lipinski definition) is 4. The first-order chi connectivity index (χ1) is 12.4. The predicted octanol–water partition coefficient (Wildman–Crippen LogP) is 2.50. The van der Waals surface area contributed by atoms with E-state index in [0.29, 0.717) is 11.4 Å². The number of benzene rings is 2. The number of rotatable bonds is 5. The third-order valence-electron chi connectivity index (χ3n) is 4.08. The molecular weight excluding hydrogens is 330 g/mol. The van der Waals surface area contributed by atoms with Crippen molar-refractivity contribution in [3.8, 4) is 5.75 Å². The molecule has 0 bridgehead atoms. The molecule has 1 atom stereocenters. The van der Waals surface area contributed by atoms with Gasteiger partial charge in [-0.2, -0.15) is 0 Å². The van der Waals surface area contributed by atoms with Crippen LogP contribution in [0.2, 0.25) is 0 Å². The third-order valence-corrected chi connectivity index (χ3v) is 4.08. The summed E-state index contributed by atoms with van der Waals surface area (Å²) in [5, 5.41) is 2.88. The zero-order valence-electron chi connectivity index (χ0n) is 15.2. The second kappa shape index (κ2) is 7.58. The second-order valence-corrected chi connectivity index (χ2v) is 6.64. The Labute approximate surface area is 153 Å². The Morgan fingerprint density at radius 3 is 2.73 bits per heavy atom. The maximum absolute atomic E-state index is 12.5. The smallest absolute Gasteiger partial charge is 0.268 e. The Morgan fingerprint density at radius 1 is 1.19 bits per heavy atom.